The van der Waals surface area contributed by atoms with Crippen molar-refractivity contribution in [1.29, 1.82) is 0 Å². The minimum atomic E-state index is -0.668. The number of thioether (sulfide) groups is 1. The van der Waals surface area contributed by atoms with E-state index in [1.165, 1.54) is 48.5 Å². The Balaban J connectivity index is 1.81. The number of nitrogens with zero attached hydrogens (tertiary/aromatic N) is 1. The number of nitro benzene ring substituents is 1. The standard InChI is InChI=1S/C20H13F2NO4S/c21-15-4-8-20(17(22)10-15)28-12-14-3-7-18(23(25)26)19(9-14)27-16-5-1-13(11-24)2-6-16/h1-11H,12H2. The van der Waals surface area contributed by atoms with E-state index in [1.807, 2.05) is 0 Å². The summed E-state index contributed by atoms with van der Waals surface area (Å²) in [7, 11) is 0. The van der Waals surface area contributed by atoms with Crippen LogP contribution in [-0.2, 0) is 5.75 Å². The number of nitro groups is 1. The normalized spacial score (nSPS) is 10.5. The van der Waals surface area contributed by atoms with Crippen LogP contribution in [-0.4, -0.2) is 11.2 Å². The predicted octanol–water partition coefficient (Wildman–Crippen LogP) is 5.77. The Bertz CT molecular complexity index is 1030. The van der Waals surface area contributed by atoms with Gasteiger partial charge in [0.15, 0.2) is 0 Å². The van der Waals surface area contributed by atoms with Crippen LogP contribution in [0.5, 0.6) is 11.5 Å². The second-order valence-electron chi connectivity index (χ2n) is 5.71. The number of carbonyl (C=O) groups excluding carboxylic acids is 1. The van der Waals surface area contributed by atoms with Crippen molar-refractivity contribution in [3.8, 4) is 11.5 Å². The van der Waals surface area contributed by atoms with Crippen molar-refractivity contribution in [2.75, 3.05) is 0 Å². The molecule has 0 saturated heterocycles. The first-order valence-electron chi connectivity index (χ1n) is 8.04. The Morgan fingerprint density at radius 1 is 1.04 bits per heavy atom. The van der Waals surface area contributed by atoms with Crippen LogP contribution in [0.4, 0.5) is 14.5 Å². The van der Waals surface area contributed by atoms with E-state index in [2.05, 4.69) is 0 Å². The van der Waals surface area contributed by atoms with Gasteiger partial charge in [0.05, 0.1) is 4.92 Å². The van der Waals surface area contributed by atoms with Gasteiger partial charge < -0.3 is 4.74 Å². The number of halogens is 2. The molecule has 3 rings (SSSR count). The molecule has 0 atom stereocenters. The number of aldehydes is 1. The van der Waals surface area contributed by atoms with Gasteiger partial charge in [0, 0.05) is 28.3 Å². The van der Waals surface area contributed by atoms with Crippen molar-refractivity contribution in [2.45, 2.75) is 10.6 Å². The fourth-order valence-electron chi connectivity index (χ4n) is 2.38. The molecule has 3 aromatic carbocycles. The molecule has 0 spiro atoms. The number of hydrogen-bond donors (Lipinski definition) is 0. The van der Waals surface area contributed by atoms with Gasteiger partial charge in [-0.05, 0) is 48.0 Å². The fourth-order valence-corrected chi connectivity index (χ4v) is 3.24. The molecular formula is C20H13F2NO4S. The molecule has 0 aliphatic carbocycles. The van der Waals surface area contributed by atoms with Crippen molar-refractivity contribution in [1.82, 2.24) is 0 Å². The summed E-state index contributed by atoms with van der Waals surface area (Å²) in [6, 6.07) is 13.8. The highest BCUT2D eigenvalue weighted by molar-refractivity contribution is 7.98. The lowest BCUT2D eigenvalue weighted by atomic mass is 10.2. The van der Waals surface area contributed by atoms with E-state index in [-0.39, 0.29) is 16.3 Å². The first-order chi connectivity index (χ1) is 13.5. The SMILES string of the molecule is O=Cc1ccc(Oc2cc(CSc3ccc(F)cc3F)ccc2[N+](=O)[O-])cc1. The van der Waals surface area contributed by atoms with Gasteiger partial charge in [0.2, 0.25) is 5.75 Å². The van der Waals surface area contributed by atoms with Crippen molar-refractivity contribution >= 4 is 23.7 Å². The average molecular weight is 401 g/mol. The van der Waals surface area contributed by atoms with E-state index in [9.17, 15) is 23.7 Å². The quantitative estimate of drug-likeness (QED) is 0.218. The molecule has 0 aromatic heterocycles. The maximum Gasteiger partial charge on any atom is 0.311 e. The Morgan fingerprint density at radius 3 is 2.43 bits per heavy atom. The molecule has 28 heavy (non-hydrogen) atoms. The summed E-state index contributed by atoms with van der Waals surface area (Å²) in [6.07, 6.45) is 0.679. The van der Waals surface area contributed by atoms with Crippen LogP contribution in [0.2, 0.25) is 0 Å². The minimum Gasteiger partial charge on any atom is -0.450 e. The van der Waals surface area contributed by atoms with E-state index >= 15 is 0 Å². The summed E-state index contributed by atoms with van der Waals surface area (Å²) in [4.78, 5) is 21.7. The molecule has 0 heterocycles. The average Bonchev–Trinajstić information content (AvgIpc) is 2.68. The number of benzene rings is 3. The van der Waals surface area contributed by atoms with E-state index in [0.29, 0.717) is 28.9 Å². The van der Waals surface area contributed by atoms with Crippen molar-refractivity contribution < 1.29 is 23.2 Å². The molecule has 8 heteroatoms. The molecule has 0 aliphatic heterocycles. The van der Waals surface area contributed by atoms with Gasteiger partial charge in [0.1, 0.15) is 23.7 Å². The highest BCUT2D eigenvalue weighted by Gasteiger charge is 2.17. The minimum absolute atomic E-state index is 0.0292. The molecule has 0 bridgehead atoms. The predicted molar refractivity (Wildman–Crippen MR) is 101 cm³/mol. The first kappa shape index (κ1) is 19.5. The summed E-state index contributed by atoms with van der Waals surface area (Å²) in [5.41, 5.74) is 0.897. The number of ether oxygens (including phenoxy) is 1. The smallest absolute Gasteiger partial charge is 0.311 e. The van der Waals surface area contributed by atoms with E-state index in [4.69, 9.17) is 4.74 Å². The first-order valence-corrected chi connectivity index (χ1v) is 9.03. The Morgan fingerprint density at radius 2 is 1.79 bits per heavy atom. The maximum atomic E-state index is 13.8. The number of hydrogen-bond acceptors (Lipinski definition) is 5. The third kappa shape index (κ3) is 4.72. The summed E-state index contributed by atoms with van der Waals surface area (Å²) in [6.45, 7) is 0. The second-order valence-corrected chi connectivity index (χ2v) is 6.73. The molecule has 0 radical (unpaired) electrons. The van der Waals surface area contributed by atoms with E-state index in [0.717, 1.165) is 17.8 Å². The van der Waals surface area contributed by atoms with E-state index in [1.54, 1.807) is 6.07 Å². The zero-order valence-corrected chi connectivity index (χ0v) is 15.1. The fraction of sp³-hybridized carbons (Fsp3) is 0.0500. The molecule has 5 nitrogen and oxygen atoms in total. The second kappa shape index (κ2) is 8.62. The zero-order chi connectivity index (χ0) is 20.1. The van der Waals surface area contributed by atoms with Crippen LogP contribution in [0.3, 0.4) is 0 Å². The highest BCUT2D eigenvalue weighted by Crippen LogP contribution is 2.34. The van der Waals surface area contributed by atoms with Gasteiger partial charge >= 0.3 is 5.69 Å². The molecule has 0 saturated carbocycles. The molecular weight excluding hydrogens is 388 g/mol. The van der Waals surface area contributed by atoms with Crippen molar-refractivity contribution in [2.24, 2.45) is 0 Å². The van der Waals surface area contributed by atoms with Crippen LogP contribution in [0, 0.1) is 21.7 Å². The number of carbonyl (C=O) groups is 1. The molecule has 0 fully saturated rings. The molecule has 0 amide bonds. The van der Waals surface area contributed by atoms with Crippen LogP contribution < -0.4 is 4.74 Å². The third-order valence-electron chi connectivity index (χ3n) is 3.75. The third-order valence-corrected chi connectivity index (χ3v) is 4.87. The van der Waals surface area contributed by atoms with Gasteiger partial charge in [-0.3, -0.25) is 14.9 Å². The summed E-state index contributed by atoms with van der Waals surface area (Å²) >= 11 is 1.14. The molecule has 0 aliphatic rings. The molecule has 3 aromatic rings. The van der Waals surface area contributed by atoms with Gasteiger partial charge in [-0.15, -0.1) is 11.8 Å². The zero-order valence-electron chi connectivity index (χ0n) is 14.3. The van der Waals surface area contributed by atoms with Crippen LogP contribution >= 0.6 is 11.8 Å². The van der Waals surface area contributed by atoms with Gasteiger partial charge in [0.25, 0.3) is 0 Å². The lowest BCUT2D eigenvalue weighted by molar-refractivity contribution is -0.385. The Labute approximate surface area is 163 Å². The van der Waals surface area contributed by atoms with Gasteiger partial charge in [-0.1, -0.05) is 6.07 Å². The van der Waals surface area contributed by atoms with Crippen LogP contribution in [0.15, 0.2) is 65.6 Å². The van der Waals surface area contributed by atoms with Crippen LogP contribution in [0.1, 0.15) is 15.9 Å². The number of rotatable bonds is 7. The monoisotopic (exact) mass is 401 g/mol. The molecule has 0 N–H and O–H groups in total. The largest absolute Gasteiger partial charge is 0.450 e. The van der Waals surface area contributed by atoms with Crippen molar-refractivity contribution in [3.63, 3.8) is 0 Å². The molecule has 142 valence electrons. The van der Waals surface area contributed by atoms with Gasteiger partial charge in [-0.25, -0.2) is 8.78 Å². The lowest BCUT2D eigenvalue weighted by Gasteiger charge is -2.09. The molecule has 0 unspecified atom stereocenters. The van der Waals surface area contributed by atoms with E-state index < -0.39 is 16.6 Å². The van der Waals surface area contributed by atoms with Crippen molar-refractivity contribution in [3.05, 3.63) is 93.5 Å². The maximum absolute atomic E-state index is 13.8. The van der Waals surface area contributed by atoms with Gasteiger partial charge in [-0.2, -0.15) is 0 Å². The summed E-state index contributed by atoms with van der Waals surface area (Å²) < 4.78 is 32.4. The summed E-state index contributed by atoms with van der Waals surface area (Å²) in [5.74, 6) is -0.655. The summed E-state index contributed by atoms with van der Waals surface area (Å²) in [5, 5.41) is 11.3. The topological polar surface area (TPSA) is 69.4 Å². The van der Waals surface area contributed by atoms with Crippen LogP contribution in [0.25, 0.3) is 0 Å². The lowest BCUT2D eigenvalue weighted by Crippen LogP contribution is -1.95. The Hall–Kier alpha value is -3.26. The highest BCUT2D eigenvalue weighted by atomic mass is 32.2. The Kier molecular flexibility index (Phi) is 6.00.